The van der Waals surface area contributed by atoms with Crippen LogP contribution < -0.4 is 0 Å². The van der Waals surface area contributed by atoms with E-state index in [1.54, 1.807) is 0 Å². The number of imidazole rings is 1. The lowest BCUT2D eigenvalue weighted by Crippen LogP contribution is -2.18. The molecule has 70 heavy (non-hydrogen) atoms. The molecule has 342 valence electrons. The summed E-state index contributed by atoms with van der Waals surface area (Å²) in [6.45, 7) is 18.2. The van der Waals surface area contributed by atoms with Gasteiger partial charge in [0.05, 0.1) is 27.6 Å². The molecule has 4 aromatic heterocycles. The molecule has 0 radical (unpaired) electrons. The van der Waals surface area contributed by atoms with Gasteiger partial charge in [-0.1, -0.05) is 170 Å². The SMILES string of the molecule is Cc1ccc(-c2ccc3c4ccc(C(C)(C)c5ccccc5)cc4n(-c4cc(C(C)C)ccn4)c3c2)c2nc(-c3cc(-c4ccccc4)cc4c3[nH]c3ccc(C(C)(C)C)cc34)n(-c3ccccc3)c12. The molecule has 5 nitrogen and oxygen atoms in total. The number of rotatable bonds is 8. The lowest BCUT2D eigenvalue weighted by molar-refractivity contribution is 0.591. The van der Waals surface area contributed by atoms with Gasteiger partial charge in [0.15, 0.2) is 0 Å². The molecule has 0 saturated heterocycles. The van der Waals surface area contributed by atoms with E-state index in [0.29, 0.717) is 5.92 Å². The summed E-state index contributed by atoms with van der Waals surface area (Å²) in [6.07, 6.45) is 1.96. The highest BCUT2D eigenvalue weighted by atomic mass is 15.1. The molecule has 0 spiro atoms. The molecule has 4 heterocycles. The second kappa shape index (κ2) is 16.3. The van der Waals surface area contributed by atoms with Crippen LogP contribution in [0.4, 0.5) is 0 Å². The van der Waals surface area contributed by atoms with Crippen molar-refractivity contribution in [1.29, 1.82) is 0 Å². The van der Waals surface area contributed by atoms with Gasteiger partial charge in [0, 0.05) is 55.5 Å². The van der Waals surface area contributed by atoms with Gasteiger partial charge < -0.3 is 4.98 Å². The number of hydrogen-bond acceptors (Lipinski definition) is 2. The molecule has 0 aliphatic carbocycles. The Morgan fingerprint density at radius 3 is 1.93 bits per heavy atom. The zero-order valence-electron chi connectivity index (χ0n) is 41.3. The van der Waals surface area contributed by atoms with Gasteiger partial charge in [0.2, 0.25) is 0 Å². The van der Waals surface area contributed by atoms with E-state index in [2.05, 4.69) is 251 Å². The molecule has 0 fully saturated rings. The Labute approximate surface area is 410 Å². The largest absolute Gasteiger partial charge is 0.354 e. The topological polar surface area (TPSA) is 51.4 Å². The van der Waals surface area contributed by atoms with Gasteiger partial charge in [-0.05, 0) is 123 Å². The van der Waals surface area contributed by atoms with E-state index < -0.39 is 0 Å². The Bertz CT molecular complexity index is 3970. The summed E-state index contributed by atoms with van der Waals surface area (Å²) in [6, 6.07) is 66.8. The monoisotopic (exact) mass is 907 g/mol. The predicted octanol–water partition coefficient (Wildman–Crippen LogP) is 17.2. The van der Waals surface area contributed by atoms with Crippen LogP contribution in [0, 0.1) is 6.92 Å². The number of aromatic nitrogens is 5. The summed E-state index contributed by atoms with van der Waals surface area (Å²) in [5.41, 5.74) is 19.1. The number of fused-ring (bicyclic) bond motifs is 7. The van der Waals surface area contributed by atoms with Crippen molar-refractivity contribution in [2.45, 2.75) is 72.1 Å². The molecule has 0 atom stereocenters. The maximum Gasteiger partial charge on any atom is 0.147 e. The van der Waals surface area contributed by atoms with Crippen LogP contribution in [0.3, 0.4) is 0 Å². The summed E-state index contributed by atoms with van der Waals surface area (Å²) in [7, 11) is 0. The molecule has 0 unspecified atom stereocenters. The molecular formula is C65H57N5. The van der Waals surface area contributed by atoms with Crippen LogP contribution >= 0.6 is 0 Å². The van der Waals surface area contributed by atoms with E-state index in [4.69, 9.17) is 9.97 Å². The average Bonchev–Trinajstić information content (AvgIpc) is 4.07. The number of pyridine rings is 1. The first-order chi connectivity index (χ1) is 33.8. The zero-order valence-corrected chi connectivity index (χ0v) is 41.3. The average molecular weight is 908 g/mol. The number of benzene rings is 8. The third-order valence-corrected chi connectivity index (χ3v) is 14.9. The fourth-order valence-corrected chi connectivity index (χ4v) is 10.8. The summed E-state index contributed by atoms with van der Waals surface area (Å²) in [5.74, 6) is 2.16. The maximum atomic E-state index is 5.83. The minimum atomic E-state index is -0.216. The van der Waals surface area contributed by atoms with Crippen LogP contribution in [0.2, 0.25) is 0 Å². The van der Waals surface area contributed by atoms with E-state index in [0.717, 1.165) is 78.2 Å². The highest BCUT2D eigenvalue weighted by Gasteiger charge is 2.27. The fourth-order valence-electron chi connectivity index (χ4n) is 10.8. The number of aryl methyl sites for hydroxylation is 1. The number of para-hydroxylation sites is 1. The van der Waals surface area contributed by atoms with Gasteiger partial charge in [-0.3, -0.25) is 9.13 Å². The Balaban J connectivity index is 1.13. The molecule has 12 aromatic rings. The van der Waals surface area contributed by atoms with Crippen molar-refractivity contribution in [2.75, 3.05) is 0 Å². The smallest absolute Gasteiger partial charge is 0.147 e. The van der Waals surface area contributed by atoms with Crippen molar-refractivity contribution in [1.82, 2.24) is 24.1 Å². The molecule has 0 aliphatic heterocycles. The van der Waals surface area contributed by atoms with Gasteiger partial charge in [-0.2, -0.15) is 0 Å². The third-order valence-electron chi connectivity index (χ3n) is 14.9. The van der Waals surface area contributed by atoms with Crippen LogP contribution in [-0.2, 0) is 10.8 Å². The maximum absolute atomic E-state index is 5.83. The molecule has 0 saturated carbocycles. The summed E-state index contributed by atoms with van der Waals surface area (Å²) in [4.78, 5) is 14.8. The third kappa shape index (κ3) is 7.05. The zero-order chi connectivity index (χ0) is 48.1. The van der Waals surface area contributed by atoms with E-state index in [1.807, 2.05) is 6.20 Å². The lowest BCUT2D eigenvalue weighted by atomic mass is 9.78. The second-order valence-corrected chi connectivity index (χ2v) is 21.1. The molecule has 12 rings (SSSR count). The summed E-state index contributed by atoms with van der Waals surface area (Å²) < 4.78 is 4.77. The Morgan fingerprint density at radius 2 is 1.20 bits per heavy atom. The van der Waals surface area contributed by atoms with Crippen LogP contribution in [0.15, 0.2) is 188 Å². The first kappa shape index (κ1) is 43.3. The molecule has 0 bridgehead atoms. The van der Waals surface area contributed by atoms with Crippen LogP contribution in [0.25, 0.3) is 99.8 Å². The number of H-pyrrole nitrogens is 1. The molecule has 0 amide bonds. The van der Waals surface area contributed by atoms with Crippen molar-refractivity contribution < 1.29 is 0 Å². The lowest BCUT2D eigenvalue weighted by Gasteiger charge is -2.26. The van der Waals surface area contributed by atoms with Gasteiger partial charge in [-0.25, -0.2) is 9.97 Å². The number of nitrogens with zero attached hydrogens (tertiary/aromatic N) is 4. The second-order valence-electron chi connectivity index (χ2n) is 21.1. The molecule has 1 N–H and O–H groups in total. The van der Waals surface area contributed by atoms with E-state index in [-0.39, 0.29) is 10.8 Å². The Hall–Kier alpha value is -8.02. The van der Waals surface area contributed by atoms with Crippen molar-refractivity contribution in [3.8, 4) is 45.1 Å². The van der Waals surface area contributed by atoms with Crippen molar-refractivity contribution in [2.24, 2.45) is 0 Å². The predicted molar refractivity (Wildman–Crippen MR) is 295 cm³/mol. The van der Waals surface area contributed by atoms with Crippen molar-refractivity contribution in [3.63, 3.8) is 0 Å². The van der Waals surface area contributed by atoms with Gasteiger partial charge >= 0.3 is 0 Å². The fraction of sp³-hybridized carbons (Fsp3) is 0.169. The highest BCUT2D eigenvalue weighted by molar-refractivity contribution is 6.15. The molecule has 8 aromatic carbocycles. The molecule has 5 heteroatoms. The van der Waals surface area contributed by atoms with Gasteiger partial charge in [0.1, 0.15) is 11.6 Å². The van der Waals surface area contributed by atoms with Crippen LogP contribution in [-0.4, -0.2) is 24.1 Å². The minimum Gasteiger partial charge on any atom is -0.354 e. The Morgan fingerprint density at radius 1 is 0.514 bits per heavy atom. The molecular weight excluding hydrogens is 851 g/mol. The number of aromatic amines is 1. The van der Waals surface area contributed by atoms with E-state index in [9.17, 15) is 0 Å². The highest BCUT2D eigenvalue weighted by Crippen LogP contribution is 2.44. The van der Waals surface area contributed by atoms with Gasteiger partial charge in [0.25, 0.3) is 0 Å². The first-order valence-corrected chi connectivity index (χ1v) is 24.7. The quantitative estimate of drug-likeness (QED) is 0.165. The van der Waals surface area contributed by atoms with Crippen molar-refractivity contribution in [3.05, 3.63) is 216 Å². The van der Waals surface area contributed by atoms with E-state index in [1.165, 1.54) is 49.4 Å². The van der Waals surface area contributed by atoms with Crippen LogP contribution in [0.5, 0.6) is 0 Å². The van der Waals surface area contributed by atoms with E-state index >= 15 is 0 Å². The standard InChI is InChI=1S/C65H57N5/c1-40(2)43-32-33-66-59(37-43)70-57-36-44(25-29-51(57)52-30-26-48(39-58(52)70)65(7,8)46-20-14-10-15-21-46)50-28-24-41(3)62-61(50)68-63(69(62)49-22-16-11-17-23-49)55-35-45(42-18-12-9-13-19-42)34-54-53-38-47(64(4,5)6)27-31-56(53)67-60(54)55/h9-40,67H,1-8H3. The Kier molecular flexibility index (Phi) is 10.1. The van der Waals surface area contributed by atoms with Crippen LogP contribution in [0.1, 0.15) is 82.2 Å². The number of hydrogen-bond donors (Lipinski definition) is 1. The summed E-state index contributed by atoms with van der Waals surface area (Å²) in [5, 5.41) is 4.79. The van der Waals surface area contributed by atoms with Crippen molar-refractivity contribution >= 4 is 54.6 Å². The minimum absolute atomic E-state index is 0.00110. The van der Waals surface area contributed by atoms with Gasteiger partial charge in [-0.15, -0.1) is 0 Å². The number of nitrogens with one attached hydrogen (secondary N) is 1. The molecule has 0 aliphatic rings. The first-order valence-electron chi connectivity index (χ1n) is 24.7. The summed E-state index contributed by atoms with van der Waals surface area (Å²) >= 11 is 0. The normalized spacial score (nSPS) is 12.4.